The molecular formula is C27H27Br2Cl2F2I2N5. The predicted molar refractivity (Wildman–Crippen MR) is 193 cm³/mol. The van der Waals surface area contributed by atoms with Gasteiger partial charge in [-0.1, -0.05) is 23.2 Å². The van der Waals surface area contributed by atoms with E-state index in [1.807, 2.05) is 38.1 Å². The molecule has 0 bridgehead atoms. The van der Waals surface area contributed by atoms with Gasteiger partial charge in [0.25, 0.3) is 0 Å². The van der Waals surface area contributed by atoms with Crippen LogP contribution < -0.4 is 28.7 Å². The molecule has 0 fully saturated rings. The summed E-state index contributed by atoms with van der Waals surface area (Å²) in [5, 5.41) is 1.05. The molecule has 4 rings (SSSR count). The van der Waals surface area contributed by atoms with E-state index in [0.717, 1.165) is 45.0 Å². The van der Waals surface area contributed by atoms with Crippen molar-refractivity contribution < 1.29 is 8.78 Å². The first-order valence-corrected chi connectivity index (χ1v) is 15.6. The van der Waals surface area contributed by atoms with E-state index in [1.54, 1.807) is 19.1 Å². The average Bonchev–Trinajstić information content (AvgIpc) is 2.85. The van der Waals surface area contributed by atoms with Gasteiger partial charge in [-0.3, -0.25) is 0 Å². The van der Waals surface area contributed by atoms with Gasteiger partial charge in [0, 0.05) is 39.2 Å². The molecule has 0 amide bonds. The normalized spacial score (nSPS) is 9.88. The average molecular weight is 944 g/mol. The summed E-state index contributed by atoms with van der Waals surface area (Å²) in [6.07, 6.45) is 0. The second-order valence-electron chi connectivity index (χ2n) is 8.26. The highest BCUT2D eigenvalue weighted by Crippen LogP contribution is 2.28. The van der Waals surface area contributed by atoms with Gasteiger partial charge in [-0.2, -0.15) is 0 Å². The number of benzene rings is 4. The molecule has 0 aliphatic rings. The first-order chi connectivity index (χ1) is 18.4. The molecular weight excluding hydrogens is 917 g/mol. The molecule has 0 saturated heterocycles. The molecule has 5 nitrogen and oxygen atoms in total. The third-order valence-corrected chi connectivity index (χ3v) is 10.4. The summed E-state index contributed by atoms with van der Waals surface area (Å²) >= 11 is 22.6. The van der Waals surface area contributed by atoms with Crippen molar-refractivity contribution in [2.45, 2.75) is 20.8 Å². The predicted octanol–water partition coefficient (Wildman–Crippen LogP) is 9.90. The van der Waals surface area contributed by atoms with E-state index >= 15 is 0 Å². The van der Waals surface area contributed by atoms with Crippen LogP contribution in [0.15, 0.2) is 57.5 Å². The minimum atomic E-state index is -0.900. The molecule has 0 spiro atoms. The smallest absolute Gasteiger partial charge is 0.160 e. The highest BCUT2D eigenvalue weighted by atomic mass is 127. The quantitative estimate of drug-likeness (QED) is 0.0886. The molecule has 0 aliphatic carbocycles. The fourth-order valence-corrected chi connectivity index (χ4v) is 4.75. The lowest BCUT2D eigenvalue weighted by atomic mass is 10.2. The van der Waals surface area contributed by atoms with Crippen molar-refractivity contribution in [2.24, 2.45) is 0 Å². The van der Waals surface area contributed by atoms with Crippen molar-refractivity contribution in [3.63, 3.8) is 0 Å². The lowest BCUT2D eigenvalue weighted by Gasteiger charge is -2.01. The molecule has 4 aromatic rings. The van der Waals surface area contributed by atoms with E-state index in [-0.39, 0.29) is 5.69 Å². The second-order valence-corrected chi connectivity index (χ2v) is 13.1. The van der Waals surface area contributed by atoms with Crippen LogP contribution in [0.5, 0.6) is 0 Å². The number of halogens is 8. The van der Waals surface area contributed by atoms with Crippen LogP contribution in [0.25, 0.3) is 0 Å². The summed E-state index contributed by atoms with van der Waals surface area (Å²) in [6.45, 7) is 5.49. The van der Waals surface area contributed by atoms with Crippen LogP contribution in [0.2, 0.25) is 10.0 Å². The van der Waals surface area contributed by atoms with Crippen molar-refractivity contribution in [1.29, 1.82) is 0 Å². The summed E-state index contributed by atoms with van der Waals surface area (Å²) in [5.41, 5.74) is 33.3. The summed E-state index contributed by atoms with van der Waals surface area (Å²) in [7, 11) is 0. The zero-order chi connectivity index (χ0) is 30.9. The molecule has 10 N–H and O–H groups in total. The van der Waals surface area contributed by atoms with Crippen molar-refractivity contribution in [2.75, 3.05) is 28.7 Å². The Bertz CT molecular complexity index is 1070. The minimum absolute atomic E-state index is 0.277. The van der Waals surface area contributed by atoms with Crippen molar-refractivity contribution in [3.05, 3.63) is 103 Å². The van der Waals surface area contributed by atoms with Crippen molar-refractivity contribution in [1.82, 2.24) is 0 Å². The zero-order valence-corrected chi connectivity index (χ0v) is 30.5. The number of rotatable bonds is 0. The molecule has 0 heterocycles. The van der Waals surface area contributed by atoms with Gasteiger partial charge in [0.15, 0.2) is 11.6 Å². The van der Waals surface area contributed by atoms with Crippen LogP contribution in [0, 0.1) is 39.5 Å². The molecule has 4 aromatic carbocycles. The summed E-state index contributed by atoms with van der Waals surface area (Å²) in [4.78, 5) is 0. The van der Waals surface area contributed by atoms with Gasteiger partial charge in [-0.25, -0.2) is 8.78 Å². The summed E-state index contributed by atoms with van der Waals surface area (Å²) in [6, 6.07) is 13.1. The summed E-state index contributed by atoms with van der Waals surface area (Å²) in [5.74, 6) is -1.75. The standard InChI is InChI=1S/C7H7Br2N.C7H7Cl2N.C7H7F2N.C6H6I2N2/c3*1-4-2-5(8)6(9)3-7(4)10;7-3-1-5(9)6(10)2-4(3)8/h3*2-3H,10H2,1H3;1-2H,9-10H2. The van der Waals surface area contributed by atoms with E-state index in [9.17, 15) is 8.78 Å². The zero-order valence-electron chi connectivity index (χ0n) is 21.5. The number of anilines is 5. The Morgan fingerprint density at radius 2 is 0.875 bits per heavy atom. The molecule has 0 radical (unpaired) electrons. The van der Waals surface area contributed by atoms with Crippen LogP contribution in [0.1, 0.15) is 16.7 Å². The molecule has 0 unspecified atom stereocenters. The topological polar surface area (TPSA) is 130 Å². The largest absolute Gasteiger partial charge is 0.398 e. The van der Waals surface area contributed by atoms with E-state index in [2.05, 4.69) is 77.0 Å². The Balaban J connectivity index is 0.000000267. The summed E-state index contributed by atoms with van der Waals surface area (Å²) < 4.78 is 29.0. The third kappa shape index (κ3) is 11.9. The maximum atomic E-state index is 12.3. The van der Waals surface area contributed by atoms with Gasteiger partial charge >= 0.3 is 0 Å². The van der Waals surface area contributed by atoms with E-state index in [0.29, 0.717) is 32.7 Å². The molecule has 40 heavy (non-hydrogen) atoms. The van der Waals surface area contributed by atoms with Crippen molar-refractivity contribution in [3.8, 4) is 0 Å². The Morgan fingerprint density at radius 1 is 0.525 bits per heavy atom. The maximum absolute atomic E-state index is 12.3. The SMILES string of the molecule is Cc1cc(Br)c(Br)cc1N.Cc1cc(Cl)c(Cl)cc1N.Cc1cc(F)c(F)cc1N.Nc1cc(I)c(I)cc1N. The number of nitrogens with two attached hydrogens (primary N) is 5. The number of aryl methyl sites for hydroxylation is 3. The number of hydrogen-bond acceptors (Lipinski definition) is 5. The van der Waals surface area contributed by atoms with Gasteiger partial charge in [-0.15, -0.1) is 0 Å². The van der Waals surface area contributed by atoms with Crippen LogP contribution >= 0.6 is 100 Å². The van der Waals surface area contributed by atoms with Gasteiger partial charge in [-0.05, 0) is 157 Å². The molecule has 0 aromatic heterocycles. The molecule has 0 aliphatic heterocycles. The van der Waals surface area contributed by atoms with Crippen molar-refractivity contribution >= 4 is 129 Å². The van der Waals surface area contributed by atoms with Crippen LogP contribution in [0.4, 0.5) is 37.2 Å². The highest BCUT2D eigenvalue weighted by molar-refractivity contribution is 14.1. The fourth-order valence-electron chi connectivity index (χ4n) is 2.56. The first-order valence-electron chi connectivity index (χ1n) is 11.1. The highest BCUT2D eigenvalue weighted by Gasteiger charge is 2.03. The molecule has 0 atom stereocenters. The fraction of sp³-hybridized carbons (Fsp3) is 0.111. The Labute approximate surface area is 287 Å². The Kier molecular flexibility index (Phi) is 15.6. The minimum Gasteiger partial charge on any atom is -0.398 e. The van der Waals surface area contributed by atoms with Gasteiger partial charge in [0.2, 0.25) is 0 Å². The number of nitrogen functional groups attached to an aromatic ring is 5. The van der Waals surface area contributed by atoms with Gasteiger partial charge in [0.1, 0.15) is 0 Å². The second kappa shape index (κ2) is 17.0. The van der Waals surface area contributed by atoms with Gasteiger partial charge in [0.05, 0.1) is 21.4 Å². The van der Waals surface area contributed by atoms with E-state index < -0.39 is 11.6 Å². The van der Waals surface area contributed by atoms with Gasteiger partial charge < -0.3 is 28.7 Å². The lowest BCUT2D eigenvalue weighted by Crippen LogP contribution is -1.96. The van der Waals surface area contributed by atoms with Crippen LogP contribution in [-0.4, -0.2) is 0 Å². The number of hydrogen-bond donors (Lipinski definition) is 5. The molecule has 0 saturated carbocycles. The van der Waals surface area contributed by atoms with Crippen LogP contribution in [0.3, 0.4) is 0 Å². The Morgan fingerprint density at radius 3 is 1.32 bits per heavy atom. The molecule has 13 heteroatoms. The Hall–Kier alpha value is -1.26. The van der Waals surface area contributed by atoms with E-state index in [4.69, 9.17) is 51.9 Å². The lowest BCUT2D eigenvalue weighted by molar-refractivity contribution is 0.508. The maximum Gasteiger partial charge on any atom is 0.160 e. The molecule has 216 valence electrons. The van der Waals surface area contributed by atoms with Crippen LogP contribution in [-0.2, 0) is 0 Å². The third-order valence-electron chi connectivity index (χ3n) is 5.05. The first kappa shape index (κ1) is 36.8. The van der Waals surface area contributed by atoms with E-state index in [1.165, 1.54) is 0 Å². The monoisotopic (exact) mass is 941 g/mol.